The molecule has 11 heavy (non-hydrogen) atoms. The van der Waals surface area contributed by atoms with Crippen LogP contribution in [0.25, 0.3) is 0 Å². The van der Waals surface area contributed by atoms with Crippen molar-refractivity contribution in [1.29, 1.82) is 0 Å². The van der Waals surface area contributed by atoms with Gasteiger partial charge in [-0.25, -0.2) is 4.79 Å². The monoisotopic (exact) mass is 154 g/mol. The van der Waals surface area contributed by atoms with Gasteiger partial charge >= 0.3 is 5.97 Å². The number of carbonyl (C=O) groups is 1. The fraction of sp³-hybridized carbons (Fsp3) is 0.286. The van der Waals surface area contributed by atoms with Gasteiger partial charge in [-0.05, 0) is 12.1 Å². The van der Waals surface area contributed by atoms with Crippen molar-refractivity contribution in [3.63, 3.8) is 0 Å². The second-order valence-electron chi connectivity index (χ2n) is 2.04. The van der Waals surface area contributed by atoms with E-state index in [1.165, 1.54) is 4.73 Å². The molecule has 4 nitrogen and oxygen atoms in total. The molecular weight excluding hydrogens is 144 g/mol. The minimum Gasteiger partial charge on any atom is -0.337 e. The Morgan fingerprint density at radius 1 is 1.45 bits per heavy atom. The Balaban J connectivity index is 2.37. The maximum atomic E-state index is 10.8. The van der Waals surface area contributed by atoms with E-state index < -0.39 is 0 Å². The quantitative estimate of drug-likeness (QED) is 0.655. The van der Waals surface area contributed by atoms with Crippen LogP contribution in [0.1, 0.15) is 6.42 Å². The third kappa shape index (κ3) is 2.43. The largest absolute Gasteiger partial charge is 0.337 e. The number of hydrogen-bond donors (Lipinski definition) is 1. The van der Waals surface area contributed by atoms with Gasteiger partial charge in [-0.15, -0.1) is 0 Å². The highest BCUT2D eigenvalue weighted by Crippen LogP contribution is 1.87. The maximum Gasteiger partial charge on any atom is 0.334 e. The minimum atomic E-state index is -0.316. The standard InChI is InChI=1S/C7H10N2O2/c8-4-3-7(10)11-9-5-1-2-6-9/h1-2,5-6H,3-4,8H2. The van der Waals surface area contributed by atoms with Crippen LogP contribution in [0, 0.1) is 0 Å². The van der Waals surface area contributed by atoms with E-state index in [1.54, 1.807) is 24.5 Å². The Bertz CT molecular complexity index is 218. The molecule has 4 heteroatoms. The summed E-state index contributed by atoms with van der Waals surface area (Å²) in [5, 5.41) is 0. The molecule has 0 fully saturated rings. The van der Waals surface area contributed by atoms with Crippen LogP contribution < -0.4 is 10.6 Å². The summed E-state index contributed by atoms with van der Waals surface area (Å²) in [5.74, 6) is -0.316. The van der Waals surface area contributed by atoms with Gasteiger partial charge in [0.05, 0.1) is 6.42 Å². The van der Waals surface area contributed by atoms with E-state index in [2.05, 4.69) is 0 Å². The highest BCUT2D eigenvalue weighted by atomic mass is 16.7. The first-order valence-corrected chi connectivity index (χ1v) is 3.37. The zero-order valence-electron chi connectivity index (χ0n) is 6.06. The Morgan fingerprint density at radius 2 is 2.09 bits per heavy atom. The Morgan fingerprint density at radius 3 is 2.64 bits per heavy atom. The summed E-state index contributed by atoms with van der Waals surface area (Å²) in [7, 11) is 0. The average Bonchev–Trinajstić information content (AvgIpc) is 2.40. The van der Waals surface area contributed by atoms with Crippen molar-refractivity contribution in [1.82, 2.24) is 4.73 Å². The molecule has 0 radical (unpaired) electrons. The van der Waals surface area contributed by atoms with Gasteiger partial charge in [0.15, 0.2) is 0 Å². The third-order valence-corrected chi connectivity index (χ3v) is 1.13. The third-order valence-electron chi connectivity index (χ3n) is 1.13. The van der Waals surface area contributed by atoms with Gasteiger partial charge in [0, 0.05) is 18.9 Å². The first-order valence-electron chi connectivity index (χ1n) is 3.37. The van der Waals surface area contributed by atoms with Crippen LogP contribution in [-0.4, -0.2) is 17.2 Å². The van der Waals surface area contributed by atoms with Crippen LogP contribution in [0.2, 0.25) is 0 Å². The molecule has 1 aromatic rings. The fourth-order valence-corrected chi connectivity index (χ4v) is 0.661. The zero-order valence-corrected chi connectivity index (χ0v) is 6.06. The van der Waals surface area contributed by atoms with E-state index in [4.69, 9.17) is 10.6 Å². The zero-order chi connectivity index (χ0) is 8.10. The van der Waals surface area contributed by atoms with Gasteiger partial charge in [-0.2, -0.15) is 4.73 Å². The molecule has 1 aromatic heterocycles. The molecule has 0 aliphatic heterocycles. The molecule has 2 N–H and O–H groups in total. The van der Waals surface area contributed by atoms with Gasteiger partial charge in [-0.1, -0.05) is 0 Å². The molecule has 0 atom stereocenters. The lowest BCUT2D eigenvalue weighted by Crippen LogP contribution is -2.20. The van der Waals surface area contributed by atoms with Crippen molar-refractivity contribution in [2.24, 2.45) is 5.73 Å². The molecular formula is C7H10N2O2. The summed E-state index contributed by atoms with van der Waals surface area (Å²) in [6.45, 7) is 0.320. The van der Waals surface area contributed by atoms with Gasteiger partial charge in [0.1, 0.15) is 0 Å². The number of nitrogens with zero attached hydrogens (tertiary/aromatic N) is 1. The van der Waals surface area contributed by atoms with E-state index in [0.717, 1.165) is 0 Å². The summed E-state index contributed by atoms with van der Waals surface area (Å²) >= 11 is 0. The maximum absolute atomic E-state index is 10.8. The predicted molar refractivity (Wildman–Crippen MR) is 39.7 cm³/mol. The molecule has 0 aromatic carbocycles. The fourth-order valence-electron chi connectivity index (χ4n) is 0.661. The molecule has 0 aliphatic rings. The Labute approximate surface area is 64.5 Å². The van der Waals surface area contributed by atoms with Gasteiger partial charge in [-0.3, -0.25) is 0 Å². The van der Waals surface area contributed by atoms with E-state index in [1.807, 2.05) is 0 Å². The molecule has 0 unspecified atom stereocenters. The highest BCUT2D eigenvalue weighted by Gasteiger charge is 2.00. The SMILES string of the molecule is NCCC(=O)On1cccc1. The van der Waals surface area contributed by atoms with Crippen LogP contribution in [0.4, 0.5) is 0 Å². The molecule has 1 rings (SSSR count). The summed E-state index contributed by atoms with van der Waals surface area (Å²) in [6.07, 6.45) is 3.54. The number of aromatic nitrogens is 1. The lowest BCUT2D eigenvalue weighted by atomic mass is 10.4. The molecule has 0 spiro atoms. The normalized spacial score (nSPS) is 9.55. The number of rotatable bonds is 3. The second kappa shape index (κ2) is 3.78. The summed E-state index contributed by atoms with van der Waals surface area (Å²) in [4.78, 5) is 15.6. The van der Waals surface area contributed by atoms with Crippen molar-refractivity contribution in [3.05, 3.63) is 24.5 Å². The Hall–Kier alpha value is -1.29. The van der Waals surface area contributed by atoms with Gasteiger partial charge in [0.2, 0.25) is 0 Å². The molecule has 0 saturated heterocycles. The molecule has 0 amide bonds. The van der Waals surface area contributed by atoms with Gasteiger partial charge in [0.25, 0.3) is 0 Å². The first kappa shape index (κ1) is 7.81. The Kier molecular flexibility index (Phi) is 2.68. The van der Waals surface area contributed by atoms with Crippen molar-refractivity contribution < 1.29 is 9.63 Å². The lowest BCUT2D eigenvalue weighted by molar-refractivity contribution is -0.143. The predicted octanol–water partition coefficient (Wildman–Crippen LogP) is -0.208. The molecule has 0 aliphatic carbocycles. The highest BCUT2D eigenvalue weighted by molar-refractivity contribution is 5.69. The summed E-state index contributed by atoms with van der Waals surface area (Å²) in [5.41, 5.74) is 5.15. The van der Waals surface area contributed by atoms with Crippen LogP contribution >= 0.6 is 0 Å². The first-order chi connectivity index (χ1) is 5.33. The molecule has 60 valence electrons. The van der Waals surface area contributed by atoms with Crippen molar-refractivity contribution in [2.45, 2.75) is 6.42 Å². The van der Waals surface area contributed by atoms with E-state index in [9.17, 15) is 4.79 Å². The van der Waals surface area contributed by atoms with Crippen LogP contribution in [0.3, 0.4) is 0 Å². The van der Waals surface area contributed by atoms with E-state index >= 15 is 0 Å². The number of carbonyl (C=O) groups excluding carboxylic acids is 1. The van der Waals surface area contributed by atoms with Crippen LogP contribution in [0.15, 0.2) is 24.5 Å². The van der Waals surface area contributed by atoms with E-state index in [0.29, 0.717) is 6.54 Å². The summed E-state index contributed by atoms with van der Waals surface area (Å²) < 4.78 is 1.35. The van der Waals surface area contributed by atoms with Crippen LogP contribution in [-0.2, 0) is 4.79 Å². The summed E-state index contributed by atoms with van der Waals surface area (Å²) in [6, 6.07) is 3.55. The topological polar surface area (TPSA) is 57.3 Å². The smallest absolute Gasteiger partial charge is 0.334 e. The molecule has 0 saturated carbocycles. The lowest BCUT2D eigenvalue weighted by Gasteiger charge is -2.01. The van der Waals surface area contributed by atoms with Crippen molar-refractivity contribution in [2.75, 3.05) is 6.54 Å². The number of nitrogens with two attached hydrogens (primary N) is 1. The molecule has 0 bridgehead atoms. The average molecular weight is 154 g/mol. The number of hydrogen-bond acceptors (Lipinski definition) is 3. The molecule has 1 heterocycles. The van der Waals surface area contributed by atoms with E-state index in [-0.39, 0.29) is 12.4 Å². The van der Waals surface area contributed by atoms with Crippen LogP contribution in [0.5, 0.6) is 0 Å². The van der Waals surface area contributed by atoms with Crippen molar-refractivity contribution in [3.8, 4) is 0 Å². The van der Waals surface area contributed by atoms with Crippen molar-refractivity contribution >= 4 is 5.97 Å². The van der Waals surface area contributed by atoms with Gasteiger partial charge < -0.3 is 10.6 Å². The second-order valence-corrected chi connectivity index (χ2v) is 2.04. The minimum absolute atomic E-state index is 0.248.